The minimum atomic E-state index is -1.31. The number of aromatic carboxylic acids is 1. The van der Waals surface area contributed by atoms with Crippen molar-refractivity contribution in [3.63, 3.8) is 0 Å². The van der Waals surface area contributed by atoms with Gasteiger partial charge < -0.3 is 15.3 Å². The number of nitrogen functional groups attached to an aromatic ring is 1. The summed E-state index contributed by atoms with van der Waals surface area (Å²) in [5.74, 6) is -2.36. The number of benzene rings is 1. The van der Waals surface area contributed by atoms with E-state index in [9.17, 15) is 9.18 Å². The third-order valence-electron chi connectivity index (χ3n) is 1.90. The van der Waals surface area contributed by atoms with Crippen LogP contribution in [-0.4, -0.2) is 11.1 Å². The van der Waals surface area contributed by atoms with Gasteiger partial charge in [0.25, 0.3) is 0 Å². The fourth-order valence-electron chi connectivity index (χ4n) is 1.26. The Bertz CT molecular complexity index is 518. The summed E-state index contributed by atoms with van der Waals surface area (Å²) in [6.07, 6.45) is 0. The fraction of sp³-hybridized carbons (Fsp3) is 0. The number of carbonyl (C=O) groups is 1. The number of furan rings is 1. The largest absolute Gasteiger partial charge is 0.475 e. The molecule has 0 unspecified atom stereocenters. The van der Waals surface area contributed by atoms with Gasteiger partial charge in [0.05, 0.1) is 5.69 Å². The zero-order chi connectivity index (χ0) is 10.3. The first-order valence-electron chi connectivity index (χ1n) is 3.81. The fourth-order valence-corrected chi connectivity index (χ4v) is 1.26. The van der Waals surface area contributed by atoms with Crippen LogP contribution in [0.15, 0.2) is 22.6 Å². The average molecular weight is 195 g/mol. The molecule has 72 valence electrons. The molecule has 3 N–H and O–H groups in total. The number of hydrogen-bond donors (Lipinski definition) is 2. The third kappa shape index (κ3) is 1.02. The van der Waals surface area contributed by atoms with Crippen LogP contribution in [-0.2, 0) is 0 Å². The second kappa shape index (κ2) is 2.73. The summed E-state index contributed by atoms with van der Waals surface area (Å²) >= 11 is 0. The van der Waals surface area contributed by atoms with Crippen LogP contribution in [0.4, 0.5) is 10.1 Å². The molecule has 1 heterocycles. The maximum atomic E-state index is 13.1. The minimum absolute atomic E-state index is 0.0491. The number of nitrogens with two attached hydrogens (primary N) is 1. The first kappa shape index (κ1) is 8.55. The predicted octanol–water partition coefficient (Wildman–Crippen LogP) is 1.85. The van der Waals surface area contributed by atoms with Crippen molar-refractivity contribution >= 4 is 22.6 Å². The van der Waals surface area contributed by atoms with E-state index in [1.54, 1.807) is 0 Å². The Balaban J connectivity index is 2.86. The van der Waals surface area contributed by atoms with Gasteiger partial charge in [-0.25, -0.2) is 9.18 Å². The van der Waals surface area contributed by atoms with E-state index in [1.807, 2.05) is 0 Å². The van der Waals surface area contributed by atoms with Crippen molar-refractivity contribution in [3.8, 4) is 0 Å². The monoisotopic (exact) mass is 195 g/mol. The highest BCUT2D eigenvalue weighted by Crippen LogP contribution is 2.29. The Kier molecular flexibility index (Phi) is 1.67. The van der Waals surface area contributed by atoms with Crippen LogP contribution in [0.1, 0.15) is 10.6 Å². The molecule has 5 heteroatoms. The molecule has 0 saturated carbocycles. The molecule has 0 atom stereocenters. The SMILES string of the molecule is Nc1c(C(=O)O)oc2c(F)cccc12. The molecule has 4 nitrogen and oxygen atoms in total. The van der Waals surface area contributed by atoms with Crippen LogP contribution in [0, 0.1) is 5.82 Å². The van der Waals surface area contributed by atoms with Crippen LogP contribution < -0.4 is 5.73 Å². The highest BCUT2D eigenvalue weighted by atomic mass is 19.1. The van der Waals surface area contributed by atoms with Crippen LogP contribution in [0.2, 0.25) is 0 Å². The van der Waals surface area contributed by atoms with E-state index in [2.05, 4.69) is 0 Å². The van der Waals surface area contributed by atoms with E-state index in [4.69, 9.17) is 15.3 Å². The first-order chi connectivity index (χ1) is 6.61. The van der Waals surface area contributed by atoms with Crippen molar-refractivity contribution < 1.29 is 18.7 Å². The molecule has 0 aliphatic carbocycles. The number of hydrogen-bond acceptors (Lipinski definition) is 3. The lowest BCUT2D eigenvalue weighted by Crippen LogP contribution is -1.98. The third-order valence-corrected chi connectivity index (χ3v) is 1.90. The number of anilines is 1. The number of halogens is 1. The van der Waals surface area contributed by atoms with Gasteiger partial charge in [-0.3, -0.25) is 0 Å². The van der Waals surface area contributed by atoms with Gasteiger partial charge in [0.2, 0.25) is 5.76 Å². The van der Waals surface area contributed by atoms with Gasteiger partial charge in [-0.2, -0.15) is 0 Å². The normalized spacial score (nSPS) is 10.6. The van der Waals surface area contributed by atoms with Gasteiger partial charge in [-0.05, 0) is 12.1 Å². The van der Waals surface area contributed by atoms with Crippen LogP contribution in [0.3, 0.4) is 0 Å². The number of carboxylic acid groups (broad SMARTS) is 1. The quantitative estimate of drug-likeness (QED) is 0.727. The summed E-state index contributed by atoms with van der Waals surface area (Å²) in [5.41, 5.74) is 5.30. The lowest BCUT2D eigenvalue weighted by atomic mass is 10.2. The molecular weight excluding hydrogens is 189 g/mol. The number of rotatable bonds is 1. The number of fused-ring (bicyclic) bond motifs is 1. The highest BCUT2D eigenvalue weighted by molar-refractivity contribution is 6.02. The summed E-state index contributed by atoms with van der Waals surface area (Å²) in [6.45, 7) is 0. The molecule has 0 saturated heterocycles. The minimum Gasteiger partial charge on any atom is -0.475 e. The van der Waals surface area contributed by atoms with Crippen molar-refractivity contribution in [3.05, 3.63) is 29.8 Å². The molecule has 0 fully saturated rings. The van der Waals surface area contributed by atoms with Crippen LogP contribution in [0.5, 0.6) is 0 Å². The van der Waals surface area contributed by atoms with Crippen molar-refractivity contribution in [2.24, 2.45) is 0 Å². The Hall–Kier alpha value is -2.04. The summed E-state index contributed by atoms with van der Waals surface area (Å²) in [5, 5.41) is 8.94. The first-order valence-corrected chi connectivity index (χ1v) is 3.81. The van der Waals surface area contributed by atoms with E-state index in [0.717, 1.165) is 0 Å². The van der Waals surface area contributed by atoms with Gasteiger partial charge in [0.15, 0.2) is 11.4 Å². The number of para-hydroxylation sites is 1. The van der Waals surface area contributed by atoms with Gasteiger partial charge in [-0.1, -0.05) is 6.07 Å². The topological polar surface area (TPSA) is 76.5 Å². The molecule has 14 heavy (non-hydrogen) atoms. The van der Waals surface area contributed by atoms with Crippen LogP contribution in [0.25, 0.3) is 11.0 Å². The second-order valence-electron chi connectivity index (χ2n) is 2.77. The molecule has 0 aliphatic rings. The zero-order valence-electron chi connectivity index (χ0n) is 6.95. The molecule has 2 rings (SSSR count). The molecular formula is C9H6FNO3. The zero-order valence-corrected chi connectivity index (χ0v) is 6.95. The number of carboxylic acids is 1. The maximum absolute atomic E-state index is 13.1. The summed E-state index contributed by atoms with van der Waals surface area (Å²) < 4.78 is 17.9. The van der Waals surface area contributed by atoms with Gasteiger partial charge in [-0.15, -0.1) is 0 Å². The Labute approximate surface area is 77.7 Å². The molecule has 1 aromatic heterocycles. The molecule has 1 aromatic carbocycles. The van der Waals surface area contributed by atoms with Crippen molar-refractivity contribution in [2.45, 2.75) is 0 Å². The average Bonchev–Trinajstić information content (AvgIpc) is 2.46. The molecule has 0 bridgehead atoms. The molecule has 0 aliphatic heterocycles. The van der Waals surface area contributed by atoms with Crippen molar-refractivity contribution in [1.82, 2.24) is 0 Å². The standard InChI is InChI=1S/C9H6FNO3/c10-5-3-1-2-4-6(11)8(9(12)13)14-7(4)5/h1-3H,11H2,(H,12,13). The summed E-state index contributed by atoms with van der Waals surface area (Å²) in [6, 6.07) is 4.12. The highest BCUT2D eigenvalue weighted by Gasteiger charge is 2.19. The molecule has 0 spiro atoms. The van der Waals surface area contributed by atoms with Crippen LogP contribution >= 0.6 is 0 Å². The maximum Gasteiger partial charge on any atom is 0.374 e. The smallest absolute Gasteiger partial charge is 0.374 e. The van der Waals surface area contributed by atoms with E-state index >= 15 is 0 Å². The predicted molar refractivity (Wildman–Crippen MR) is 47.5 cm³/mol. The van der Waals surface area contributed by atoms with Gasteiger partial charge in [0.1, 0.15) is 0 Å². The van der Waals surface area contributed by atoms with Gasteiger partial charge in [0, 0.05) is 5.39 Å². The Morgan fingerprint density at radius 3 is 2.79 bits per heavy atom. The summed E-state index contributed by atoms with van der Waals surface area (Å²) in [7, 11) is 0. The van der Waals surface area contributed by atoms with E-state index in [-0.39, 0.29) is 16.7 Å². The molecule has 2 aromatic rings. The van der Waals surface area contributed by atoms with E-state index < -0.39 is 17.5 Å². The lowest BCUT2D eigenvalue weighted by Gasteiger charge is -1.89. The van der Waals surface area contributed by atoms with E-state index in [1.165, 1.54) is 18.2 Å². The van der Waals surface area contributed by atoms with E-state index in [0.29, 0.717) is 0 Å². The van der Waals surface area contributed by atoms with Crippen molar-refractivity contribution in [1.29, 1.82) is 0 Å². The van der Waals surface area contributed by atoms with Gasteiger partial charge >= 0.3 is 5.97 Å². The second-order valence-corrected chi connectivity index (χ2v) is 2.77. The molecule has 0 amide bonds. The summed E-state index contributed by atoms with van der Waals surface area (Å²) in [4.78, 5) is 10.6. The Morgan fingerprint density at radius 2 is 2.21 bits per heavy atom. The lowest BCUT2D eigenvalue weighted by molar-refractivity contribution is 0.0666. The Morgan fingerprint density at radius 1 is 1.50 bits per heavy atom. The molecule has 0 radical (unpaired) electrons. The van der Waals surface area contributed by atoms with Crippen molar-refractivity contribution in [2.75, 3.05) is 5.73 Å².